The third kappa shape index (κ3) is 11.2. The molecule has 0 aromatic heterocycles. The number of rotatable bonds is 18. The van der Waals surface area contributed by atoms with Crippen LogP contribution in [0.25, 0.3) is 0 Å². The van der Waals surface area contributed by atoms with Crippen LogP contribution in [0.5, 0.6) is 5.75 Å². The highest BCUT2D eigenvalue weighted by Gasteiger charge is 2.76. The van der Waals surface area contributed by atoms with Crippen LogP contribution in [-0.4, -0.2) is 145 Å². The Kier molecular flexibility index (Phi) is 16.4. The van der Waals surface area contributed by atoms with Gasteiger partial charge in [0.25, 0.3) is 5.91 Å². The minimum absolute atomic E-state index is 0.0307. The number of fused-ring (bicyclic) bond motifs is 9. The lowest BCUT2D eigenvalue weighted by atomic mass is 9.38. The predicted octanol–water partition coefficient (Wildman–Crippen LogP) is 4.30. The van der Waals surface area contributed by atoms with Gasteiger partial charge in [-0.2, -0.15) is 0 Å². The number of carboxylic acids is 1. The molecule has 4 aromatic carbocycles. The van der Waals surface area contributed by atoms with Crippen molar-refractivity contribution >= 4 is 58.5 Å². The van der Waals surface area contributed by atoms with Crippen molar-refractivity contribution in [1.82, 2.24) is 10.6 Å². The molecule has 2 bridgehead atoms. The van der Waals surface area contributed by atoms with Crippen LogP contribution in [0, 0.1) is 45.8 Å². The molecule has 4 amide bonds. The number of nitrogens with zero attached hydrogens (tertiary/aromatic N) is 1. The van der Waals surface area contributed by atoms with E-state index >= 15 is 0 Å². The summed E-state index contributed by atoms with van der Waals surface area (Å²) < 4.78 is 30.3. The molecule has 23 heteroatoms. The number of anilines is 2. The van der Waals surface area contributed by atoms with Gasteiger partial charge in [-0.15, -0.1) is 0 Å². The number of aliphatic hydroxyl groups excluding tert-OH is 5. The summed E-state index contributed by atoms with van der Waals surface area (Å²) >= 11 is 0. The van der Waals surface area contributed by atoms with Gasteiger partial charge in [-0.25, -0.2) is 9.59 Å². The van der Waals surface area contributed by atoms with Crippen molar-refractivity contribution in [2.45, 2.75) is 152 Å². The first-order chi connectivity index (χ1) is 44.4. The van der Waals surface area contributed by atoms with Crippen molar-refractivity contribution in [3.05, 3.63) is 148 Å². The molecular weight excluding hydrogens is 1200 g/mol. The summed E-state index contributed by atoms with van der Waals surface area (Å²) in [6.07, 6.45) is -3.81. The number of aliphatic hydroxyl groups is 5. The second-order valence-electron chi connectivity index (χ2n) is 27.0. The fourth-order valence-electron chi connectivity index (χ4n) is 17.0. The number of nitrogens with one attached hydrogen (secondary N) is 3. The van der Waals surface area contributed by atoms with Gasteiger partial charge in [0.1, 0.15) is 37.3 Å². The Hall–Kier alpha value is -8.44. The van der Waals surface area contributed by atoms with Gasteiger partial charge in [0, 0.05) is 51.9 Å². The Morgan fingerprint density at radius 1 is 0.839 bits per heavy atom. The van der Waals surface area contributed by atoms with Crippen LogP contribution in [0.3, 0.4) is 0 Å². The van der Waals surface area contributed by atoms with Crippen molar-refractivity contribution < 1.29 is 92.7 Å². The van der Waals surface area contributed by atoms with Gasteiger partial charge in [-0.05, 0) is 128 Å². The van der Waals surface area contributed by atoms with E-state index in [1.807, 2.05) is 55.5 Å². The van der Waals surface area contributed by atoms with Crippen LogP contribution in [0.2, 0.25) is 0 Å². The maximum atomic E-state index is 14.1. The van der Waals surface area contributed by atoms with Crippen LogP contribution in [-0.2, 0) is 72.1 Å². The molecule has 10 aliphatic rings. The largest absolute Gasteiger partial charge is 0.479 e. The summed E-state index contributed by atoms with van der Waals surface area (Å²) in [6, 6.07) is 26.2. The number of benzene rings is 4. The van der Waals surface area contributed by atoms with E-state index in [4.69, 9.17) is 23.7 Å². The quantitative estimate of drug-likeness (QED) is 0.0381. The molecule has 23 nitrogen and oxygen atoms in total. The molecular formula is C70H72N4O19. The highest BCUT2D eigenvalue weighted by molar-refractivity contribution is 6.40. The fourth-order valence-corrected chi connectivity index (χ4v) is 17.0. The number of ketones is 3. The van der Waals surface area contributed by atoms with E-state index < -0.39 is 132 Å². The Labute approximate surface area is 534 Å². The number of hydrogen-bond donors (Lipinski definition) is 9. The molecule has 2 saturated heterocycles. The van der Waals surface area contributed by atoms with Gasteiger partial charge in [-0.1, -0.05) is 98.0 Å². The van der Waals surface area contributed by atoms with Gasteiger partial charge in [0.15, 0.2) is 29.6 Å². The van der Waals surface area contributed by atoms with E-state index in [2.05, 4.69) is 34.7 Å². The standard InChI is InChI=1S/C70H72N4O19/c1-66-23-21-44(76)26-43(66)18-19-45-46-27-53-70(52(79)32-75,67(46,2)30-50(78)56(45)66)93-63(91-53)41-14-11-37(12-15-41)29-68-34-69(35-68,36-68)73-65(88)89-33-38-13-20-51(90-64-59(84)57(82)58(83)60(92-64)62(86)87)47(25-38)72-54(80)22-24-71-61(85)49(77)28-55(81)74-31-42-9-4-3-7-39(42)16-17-40-8-5-6-10-48(40)74/h3-15,20-21,23,25-26,45-46,50,53,56-60,63-64,75,78,82-84H,18-19,22,24,27-36H2,1-2H3,(H,71,85)(H,72,80)(H,73,88)(H,86,87)/t45-,46-,50-,53+,56+,57-,58-,59+,60-,63+,64+,66-,67-,68?,69?,70+/m0/s1. The average Bonchev–Trinajstić information content (AvgIpc) is 1.67. The summed E-state index contributed by atoms with van der Waals surface area (Å²) in [6.45, 7) is 2.77. The predicted molar refractivity (Wildman–Crippen MR) is 327 cm³/mol. The number of para-hydroxylation sites is 1. The number of allylic oxidation sites excluding steroid dienone is 4. The van der Waals surface area contributed by atoms with Crippen LogP contribution in [0.1, 0.15) is 111 Å². The molecule has 4 aromatic rings. The smallest absolute Gasteiger partial charge is 0.407 e. The molecule has 486 valence electrons. The minimum atomic E-state index is -2.02. The van der Waals surface area contributed by atoms with Gasteiger partial charge in [-0.3, -0.25) is 28.8 Å². The van der Waals surface area contributed by atoms with Crippen molar-refractivity contribution in [2.24, 2.45) is 34.0 Å². The van der Waals surface area contributed by atoms with Crippen LogP contribution < -0.4 is 25.6 Å². The van der Waals surface area contributed by atoms with E-state index in [1.54, 1.807) is 42.5 Å². The lowest BCUT2D eigenvalue weighted by molar-refractivity contribution is -0.271. The number of carboxylic acid groups (broad SMARTS) is 1. The summed E-state index contributed by atoms with van der Waals surface area (Å²) in [7, 11) is 0. The van der Waals surface area contributed by atoms with E-state index in [1.165, 1.54) is 23.1 Å². The zero-order valence-corrected chi connectivity index (χ0v) is 51.1. The molecule has 9 N–H and O–H groups in total. The minimum Gasteiger partial charge on any atom is -0.479 e. The zero-order chi connectivity index (χ0) is 65.5. The highest BCUT2D eigenvalue weighted by atomic mass is 16.7. The van der Waals surface area contributed by atoms with Gasteiger partial charge >= 0.3 is 12.1 Å². The van der Waals surface area contributed by atoms with Gasteiger partial charge < -0.3 is 75.2 Å². The number of amides is 4. The third-order valence-electron chi connectivity index (χ3n) is 21.3. The number of hydrogen-bond acceptors (Lipinski definition) is 18. The Balaban J connectivity index is 0.608. The molecule has 6 saturated carbocycles. The lowest BCUT2D eigenvalue weighted by Gasteiger charge is -2.70. The maximum absolute atomic E-state index is 14.1. The molecule has 0 spiro atoms. The Morgan fingerprint density at radius 2 is 1.56 bits per heavy atom. The van der Waals surface area contributed by atoms with Crippen molar-refractivity contribution in [1.29, 1.82) is 0 Å². The second-order valence-corrected chi connectivity index (χ2v) is 27.0. The highest BCUT2D eigenvalue weighted by Crippen LogP contribution is 2.71. The van der Waals surface area contributed by atoms with E-state index in [-0.39, 0.29) is 66.5 Å². The van der Waals surface area contributed by atoms with E-state index in [0.717, 1.165) is 29.5 Å². The molecule has 3 heterocycles. The topological polar surface area (TPSA) is 343 Å². The Bertz CT molecular complexity index is 3870. The molecule has 14 rings (SSSR count). The molecule has 7 aliphatic carbocycles. The van der Waals surface area contributed by atoms with Crippen molar-refractivity contribution in [2.75, 3.05) is 23.4 Å². The summed E-state index contributed by atoms with van der Waals surface area (Å²) in [4.78, 5) is 107. The zero-order valence-electron chi connectivity index (χ0n) is 51.1. The summed E-state index contributed by atoms with van der Waals surface area (Å²) in [5, 5.41) is 71.7. The fraction of sp³-hybridized carbons (Fsp3) is 0.457. The number of ether oxygens (including phenoxy) is 5. The molecule has 93 heavy (non-hydrogen) atoms. The number of carbonyl (C=O) groups is 8. The number of carbonyl (C=O) groups excluding carboxylic acids is 7. The Morgan fingerprint density at radius 3 is 2.31 bits per heavy atom. The van der Waals surface area contributed by atoms with Gasteiger partial charge in [0.2, 0.25) is 23.9 Å². The van der Waals surface area contributed by atoms with Gasteiger partial charge in [0.05, 0.1) is 36.5 Å². The molecule has 3 aliphatic heterocycles. The van der Waals surface area contributed by atoms with Crippen LogP contribution in [0.15, 0.2) is 115 Å². The summed E-state index contributed by atoms with van der Waals surface area (Å²) in [5.74, 6) is 0.0993. The van der Waals surface area contributed by atoms with E-state index in [9.17, 15) is 69.0 Å². The number of aliphatic carboxylic acids is 1. The van der Waals surface area contributed by atoms with Crippen LogP contribution >= 0.6 is 0 Å². The molecule has 0 unspecified atom stereocenters. The van der Waals surface area contributed by atoms with Crippen molar-refractivity contribution in [3.8, 4) is 17.6 Å². The molecule has 0 radical (unpaired) electrons. The van der Waals surface area contributed by atoms with E-state index in [0.29, 0.717) is 60.0 Å². The first-order valence-corrected chi connectivity index (χ1v) is 31.4. The molecule has 14 atom stereocenters. The summed E-state index contributed by atoms with van der Waals surface area (Å²) in [5.41, 5.74) is 2.12. The number of alkyl carbamates (subject to hydrolysis) is 1. The lowest BCUT2D eigenvalue weighted by Crippen LogP contribution is -2.75. The van der Waals surface area contributed by atoms with Crippen molar-refractivity contribution in [3.63, 3.8) is 0 Å². The number of Topliss-reactive ketones (excluding diaryl/α,β-unsaturated/α-hetero) is 2. The third-order valence-corrected chi connectivity index (χ3v) is 21.3. The second kappa shape index (κ2) is 24.2. The molecule has 8 fully saturated rings. The maximum Gasteiger partial charge on any atom is 0.407 e. The SMILES string of the molecule is C[C@]12C=CC(=O)C=C1CC[C@@H]1[C@@H]2[C@@H](O)C[C@@]2(C)[C@H]1C[C@H]1O[C@@H](c3ccc(CC45CC(NC(=O)OCc6ccc(O[C@@H]7O[C@H](C(=O)O)[C@@H](O)[C@H](O)[C@H]7O)c(NC(=O)CCNC(=O)C(=O)CC(=O)N7Cc8ccccc8C#Cc8ccccc87)c6)(C4)C5)cc3)O[C@]12C(=O)CO. The first kappa shape index (κ1) is 63.3. The average molecular weight is 1270 g/mol. The first-order valence-electron chi connectivity index (χ1n) is 31.4. The van der Waals surface area contributed by atoms with Crippen LogP contribution in [0.4, 0.5) is 16.2 Å². The monoisotopic (exact) mass is 1270 g/mol. The normalized spacial score (nSPS) is 33.8.